The van der Waals surface area contributed by atoms with Gasteiger partial charge < -0.3 is 10.3 Å². The smallest absolute Gasteiger partial charge is 0.269 e. The monoisotopic (exact) mass is 288 g/mol. The third-order valence-electron chi connectivity index (χ3n) is 3.12. The molecule has 0 bridgehead atoms. The molecule has 0 amide bonds. The fraction of sp³-hybridized carbons (Fsp3) is 0.357. The number of hydrogen-bond acceptors (Lipinski definition) is 6. The summed E-state index contributed by atoms with van der Waals surface area (Å²) < 4.78 is 1.38. The number of pyridine rings is 1. The molecular formula is C14H20N6O. The van der Waals surface area contributed by atoms with E-state index in [0.717, 1.165) is 24.3 Å². The predicted octanol–water partition coefficient (Wildman–Crippen LogP) is 0.818. The van der Waals surface area contributed by atoms with Crippen molar-refractivity contribution in [3.8, 4) is 0 Å². The molecule has 0 radical (unpaired) electrons. The molecule has 0 fully saturated rings. The van der Waals surface area contributed by atoms with E-state index in [9.17, 15) is 4.79 Å². The summed E-state index contributed by atoms with van der Waals surface area (Å²) in [5.74, 6) is 5.88. The molecule has 112 valence electrons. The second-order valence-electron chi connectivity index (χ2n) is 4.79. The third-order valence-corrected chi connectivity index (χ3v) is 3.12. The van der Waals surface area contributed by atoms with Crippen LogP contribution >= 0.6 is 0 Å². The average molecular weight is 288 g/mol. The number of anilines is 2. The maximum atomic E-state index is 12.1. The van der Waals surface area contributed by atoms with Gasteiger partial charge in [-0.2, -0.15) is 5.10 Å². The number of nitrogen functional groups attached to an aromatic ring is 1. The number of aromatic nitrogens is 3. The first-order valence-corrected chi connectivity index (χ1v) is 6.85. The van der Waals surface area contributed by atoms with Gasteiger partial charge in [0.1, 0.15) is 5.82 Å². The minimum Gasteiger partial charge on any atom is -0.373 e. The summed E-state index contributed by atoms with van der Waals surface area (Å²) in [6.45, 7) is 3.29. The topological polar surface area (TPSA) is 89.1 Å². The van der Waals surface area contributed by atoms with Crippen molar-refractivity contribution < 1.29 is 0 Å². The Kier molecular flexibility index (Phi) is 4.89. The maximum absolute atomic E-state index is 12.1. The Bertz CT molecular complexity index is 654. The Hall–Kier alpha value is -2.41. The van der Waals surface area contributed by atoms with Crippen LogP contribution in [0.4, 0.5) is 11.5 Å². The number of hydrogen-bond donors (Lipinski definition) is 2. The van der Waals surface area contributed by atoms with Crippen molar-refractivity contribution in [3.63, 3.8) is 0 Å². The molecule has 7 nitrogen and oxygen atoms in total. The zero-order chi connectivity index (χ0) is 15.2. The molecule has 0 atom stereocenters. The second-order valence-corrected chi connectivity index (χ2v) is 4.79. The molecule has 0 spiro atoms. The van der Waals surface area contributed by atoms with Crippen molar-refractivity contribution in [1.82, 2.24) is 14.8 Å². The number of rotatable bonds is 6. The highest BCUT2D eigenvalue weighted by Crippen LogP contribution is 2.08. The predicted molar refractivity (Wildman–Crippen MR) is 83.2 cm³/mol. The average Bonchev–Trinajstić information content (AvgIpc) is 2.49. The summed E-state index contributed by atoms with van der Waals surface area (Å²) in [6.07, 6.45) is 2.71. The summed E-state index contributed by atoms with van der Waals surface area (Å²) in [4.78, 5) is 18.4. The van der Waals surface area contributed by atoms with E-state index in [-0.39, 0.29) is 5.56 Å². The molecule has 0 saturated carbocycles. The van der Waals surface area contributed by atoms with Crippen LogP contribution in [-0.4, -0.2) is 28.4 Å². The first kappa shape index (κ1) is 15.0. The first-order chi connectivity index (χ1) is 10.1. The summed E-state index contributed by atoms with van der Waals surface area (Å²) in [6, 6.07) is 6.99. The molecule has 21 heavy (non-hydrogen) atoms. The lowest BCUT2D eigenvalue weighted by Gasteiger charge is -2.17. The number of nitrogens with zero attached hydrogens (tertiary/aromatic N) is 4. The van der Waals surface area contributed by atoms with Gasteiger partial charge in [-0.15, -0.1) is 0 Å². The molecule has 0 aliphatic carbocycles. The highest BCUT2D eigenvalue weighted by atomic mass is 16.1. The van der Waals surface area contributed by atoms with E-state index in [4.69, 9.17) is 5.84 Å². The summed E-state index contributed by atoms with van der Waals surface area (Å²) in [7, 11) is 1.95. The molecule has 0 saturated heterocycles. The molecule has 0 aromatic carbocycles. The fourth-order valence-electron chi connectivity index (χ4n) is 2.02. The number of nitrogens with two attached hydrogens (primary N) is 1. The molecule has 7 heteroatoms. The van der Waals surface area contributed by atoms with Crippen LogP contribution in [0.5, 0.6) is 0 Å². The van der Waals surface area contributed by atoms with Crippen molar-refractivity contribution >= 4 is 11.5 Å². The molecule has 2 aromatic rings. The highest BCUT2D eigenvalue weighted by Gasteiger charge is 2.05. The lowest BCUT2D eigenvalue weighted by Crippen LogP contribution is -2.26. The summed E-state index contributed by atoms with van der Waals surface area (Å²) in [5.41, 5.74) is 3.87. The third kappa shape index (κ3) is 3.79. The minimum absolute atomic E-state index is 0.150. The van der Waals surface area contributed by atoms with Gasteiger partial charge in [-0.1, -0.05) is 13.0 Å². The van der Waals surface area contributed by atoms with Gasteiger partial charge in [0.25, 0.3) is 5.56 Å². The van der Waals surface area contributed by atoms with E-state index in [1.165, 1.54) is 4.68 Å². The van der Waals surface area contributed by atoms with Crippen LogP contribution in [-0.2, 0) is 6.54 Å². The lowest BCUT2D eigenvalue weighted by molar-refractivity contribution is 0.626. The van der Waals surface area contributed by atoms with Crippen LogP contribution in [0, 0.1) is 0 Å². The van der Waals surface area contributed by atoms with Crippen LogP contribution in [0.25, 0.3) is 0 Å². The summed E-state index contributed by atoms with van der Waals surface area (Å²) >= 11 is 0. The Labute approximate surface area is 123 Å². The van der Waals surface area contributed by atoms with Gasteiger partial charge in [0.15, 0.2) is 0 Å². The zero-order valence-corrected chi connectivity index (χ0v) is 12.3. The van der Waals surface area contributed by atoms with Crippen LogP contribution in [0.15, 0.2) is 35.3 Å². The van der Waals surface area contributed by atoms with Crippen LogP contribution in [0.3, 0.4) is 0 Å². The van der Waals surface area contributed by atoms with Gasteiger partial charge >= 0.3 is 0 Å². The molecule has 2 rings (SSSR count). The Morgan fingerprint density at radius 3 is 2.90 bits per heavy atom. The molecular weight excluding hydrogens is 268 g/mol. The zero-order valence-electron chi connectivity index (χ0n) is 12.3. The Morgan fingerprint density at radius 1 is 1.43 bits per heavy atom. The van der Waals surface area contributed by atoms with Crippen molar-refractivity contribution in [2.45, 2.75) is 19.9 Å². The van der Waals surface area contributed by atoms with Crippen LogP contribution in [0.1, 0.15) is 19.0 Å². The highest BCUT2D eigenvalue weighted by molar-refractivity contribution is 5.41. The quantitative estimate of drug-likeness (QED) is 0.604. The maximum Gasteiger partial charge on any atom is 0.269 e. The van der Waals surface area contributed by atoms with Crippen molar-refractivity contribution in [3.05, 3.63) is 46.5 Å². The molecule has 0 unspecified atom stereocenters. The van der Waals surface area contributed by atoms with Crippen LogP contribution < -0.4 is 21.7 Å². The number of hydrazine groups is 1. The van der Waals surface area contributed by atoms with Gasteiger partial charge in [0, 0.05) is 19.7 Å². The van der Waals surface area contributed by atoms with Crippen LogP contribution in [0.2, 0.25) is 0 Å². The first-order valence-electron chi connectivity index (χ1n) is 6.85. The molecule has 3 N–H and O–H groups in total. The Morgan fingerprint density at radius 2 is 2.24 bits per heavy atom. The number of nitrogens with one attached hydrogen (secondary N) is 1. The van der Waals surface area contributed by atoms with Crippen molar-refractivity contribution in [2.75, 3.05) is 23.9 Å². The fourth-order valence-corrected chi connectivity index (χ4v) is 2.02. The van der Waals surface area contributed by atoms with Gasteiger partial charge in [-0.3, -0.25) is 4.79 Å². The van der Waals surface area contributed by atoms with E-state index < -0.39 is 0 Å². The van der Waals surface area contributed by atoms with E-state index in [2.05, 4.69) is 22.4 Å². The molecule has 2 aromatic heterocycles. The Balaban J connectivity index is 2.19. The normalized spacial score (nSPS) is 10.4. The molecule has 0 aliphatic heterocycles. The van der Waals surface area contributed by atoms with E-state index in [0.29, 0.717) is 12.4 Å². The molecule has 2 heterocycles. The summed E-state index contributed by atoms with van der Waals surface area (Å²) in [5, 5.41) is 4.20. The lowest BCUT2D eigenvalue weighted by atomic mass is 10.3. The van der Waals surface area contributed by atoms with Gasteiger partial charge in [-0.25, -0.2) is 15.5 Å². The largest absolute Gasteiger partial charge is 0.373 e. The van der Waals surface area contributed by atoms with Crippen molar-refractivity contribution in [1.29, 1.82) is 0 Å². The van der Waals surface area contributed by atoms with Gasteiger partial charge in [-0.05, 0) is 18.6 Å². The standard InChI is InChI=1S/C14H20N6O/c1-3-7-19(2)12-8-14(21)20(16-9-12)10-11-5-4-6-13(17-11)18-15/h4-6,8-9H,3,7,10,15H2,1-2H3,(H,17,18). The van der Waals surface area contributed by atoms with E-state index in [1.54, 1.807) is 18.3 Å². The second kappa shape index (κ2) is 6.85. The van der Waals surface area contributed by atoms with Gasteiger partial charge in [0.05, 0.1) is 24.1 Å². The SMILES string of the molecule is CCCN(C)c1cnn(Cc2cccc(NN)n2)c(=O)c1. The van der Waals surface area contributed by atoms with E-state index in [1.807, 2.05) is 24.1 Å². The van der Waals surface area contributed by atoms with E-state index >= 15 is 0 Å². The molecule has 0 aliphatic rings. The minimum atomic E-state index is -0.150. The van der Waals surface area contributed by atoms with Crippen molar-refractivity contribution in [2.24, 2.45) is 5.84 Å². The van der Waals surface area contributed by atoms with Gasteiger partial charge in [0.2, 0.25) is 0 Å².